The standard InChI is InChI=1S/C17H34N2/c1-5-14(6-2)12-19-13-17(7-3,8-4)18-11-16(19)15-9-10-15/h14-16,18H,5-13H2,1-4H3. The molecular formula is C17H34N2. The van der Waals surface area contributed by atoms with Gasteiger partial charge in [0.25, 0.3) is 0 Å². The van der Waals surface area contributed by atoms with Crippen LogP contribution >= 0.6 is 0 Å². The first kappa shape index (κ1) is 15.3. The number of hydrogen-bond donors (Lipinski definition) is 1. The summed E-state index contributed by atoms with van der Waals surface area (Å²) >= 11 is 0. The van der Waals surface area contributed by atoms with E-state index in [2.05, 4.69) is 37.9 Å². The van der Waals surface area contributed by atoms with Crippen LogP contribution < -0.4 is 5.32 Å². The molecule has 0 aromatic rings. The Labute approximate surface area is 120 Å². The molecule has 1 saturated carbocycles. The largest absolute Gasteiger partial charge is 0.308 e. The minimum atomic E-state index is 0.386. The second-order valence-corrected chi connectivity index (χ2v) is 6.89. The first-order valence-corrected chi connectivity index (χ1v) is 8.67. The molecule has 1 atom stereocenters. The normalized spacial score (nSPS) is 27.9. The fraction of sp³-hybridized carbons (Fsp3) is 1.00. The zero-order chi connectivity index (χ0) is 13.9. The third kappa shape index (κ3) is 3.52. The molecule has 0 aromatic heterocycles. The van der Waals surface area contributed by atoms with Gasteiger partial charge < -0.3 is 5.32 Å². The summed E-state index contributed by atoms with van der Waals surface area (Å²) in [4.78, 5) is 2.86. The average Bonchev–Trinajstić information content (AvgIpc) is 3.29. The lowest BCUT2D eigenvalue weighted by molar-refractivity contribution is 0.0479. The highest BCUT2D eigenvalue weighted by atomic mass is 15.3. The zero-order valence-electron chi connectivity index (χ0n) is 13.5. The zero-order valence-corrected chi connectivity index (χ0v) is 13.5. The molecule has 2 heteroatoms. The molecule has 1 heterocycles. The predicted molar refractivity (Wildman–Crippen MR) is 83.5 cm³/mol. The molecule has 0 bridgehead atoms. The summed E-state index contributed by atoms with van der Waals surface area (Å²) < 4.78 is 0. The maximum absolute atomic E-state index is 3.90. The summed E-state index contributed by atoms with van der Waals surface area (Å²) in [7, 11) is 0. The SMILES string of the molecule is CCC(CC)CN1CC(CC)(CC)NCC1C1CC1. The number of nitrogens with zero attached hydrogens (tertiary/aromatic N) is 1. The van der Waals surface area contributed by atoms with Gasteiger partial charge in [0.15, 0.2) is 0 Å². The van der Waals surface area contributed by atoms with Crippen molar-refractivity contribution < 1.29 is 0 Å². The van der Waals surface area contributed by atoms with Gasteiger partial charge in [-0.05, 0) is 37.5 Å². The Morgan fingerprint density at radius 3 is 2.21 bits per heavy atom. The molecule has 1 unspecified atom stereocenters. The fourth-order valence-corrected chi connectivity index (χ4v) is 3.76. The second kappa shape index (κ2) is 6.58. The van der Waals surface area contributed by atoms with Crippen molar-refractivity contribution in [1.29, 1.82) is 0 Å². The summed E-state index contributed by atoms with van der Waals surface area (Å²) in [6.45, 7) is 13.2. The van der Waals surface area contributed by atoms with E-state index >= 15 is 0 Å². The van der Waals surface area contributed by atoms with Gasteiger partial charge in [-0.2, -0.15) is 0 Å². The topological polar surface area (TPSA) is 15.3 Å². The number of rotatable bonds is 7. The Morgan fingerprint density at radius 1 is 1.11 bits per heavy atom. The van der Waals surface area contributed by atoms with E-state index in [-0.39, 0.29) is 0 Å². The molecule has 1 aliphatic heterocycles. The first-order valence-electron chi connectivity index (χ1n) is 8.67. The molecule has 2 fully saturated rings. The van der Waals surface area contributed by atoms with E-state index in [9.17, 15) is 0 Å². The smallest absolute Gasteiger partial charge is 0.0304 e. The molecule has 2 rings (SSSR count). The first-order chi connectivity index (χ1) is 9.18. The van der Waals surface area contributed by atoms with Crippen molar-refractivity contribution in [2.75, 3.05) is 19.6 Å². The van der Waals surface area contributed by atoms with Crippen LogP contribution in [0.2, 0.25) is 0 Å². The molecule has 1 N–H and O–H groups in total. The molecule has 2 aliphatic rings. The summed E-state index contributed by atoms with van der Waals surface area (Å²) in [6, 6.07) is 0.826. The Balaban J connectivity index is 2.03. The van der Waals surface area contributed by atoms with Crippen LogP contribution in [0.3, 0.4) is 0 Å². The van der Waals surface area contributed by atoms with Crippen LogP contribution in [0.25, 0.3) is 0 Å². The minimum Gasteiger partial charge on any atom is -0.308 e. The van der Waals surface area contributed by atoms with Crippen molar-refractivity contribution in [3.05, 3.63) is 0 Å². The average molecular weight is 266 g/mol. The van der Waals surface area contributed by atoms with Crippen LogP contribution in [-0.2, 0) is 0 Å². The van der Waals surface area contributed by atoms with Crippen molar-refractivity contribution in [3.63, 3.8) is 0 Å². The Hall–Kier alpha value is -0.0800. The number of hydrogen-bond acceptors (Lipinski definition) is 2. The highest BCUT2D eigenvalue weighted by molar-refractivity contribution is 5.01. The van der Waals surface area contributed by atoms with Gasteiger partial charge in [0, 0.05) is 31.2 Å². The molecule has 1 aliphatic carbocycles. The van der Waals surface area contributed by atoms with E-state index in [1.54, 1.807) is 0 Å². The van der Waals surface area contributed by atoms with Crippen molar-refractivity contribution in [1.82, 2.24) is 10.2 Å². The highest BCUT2D eigenvalue weighted by Gasteiger charge is 2.43. The molecule has 0 aromatic carbocycles. The van der Waals surface area contributed by atoms with Crippen molar-refractivity contribution >= 4 is 0 Å². The van der Waals surface area contributed by atoms with Gasteiger partial charge in [0.05, 0.1) is 0 Å². The van der Waals surface area contributed by atoms with Crippen molar-refractivity contribution in [2.24, 2.45) is 11.8 Å². The monoisotopic (exact) mass is 266 g/mol. The fourth-order valence-electron chi connectivity index (χ4n) is 3.76. The Morgan fingerprint density at radius 2 is 1.74 bits per heavy atom. The maximum Gasteiger partial charge on any atom is 0.0304 e. The number of nitrogens with one attached hydrogen (secondary N) is 1. The van der Waals surface area contributed by atoms with Gasteiger partial charge in [-0.1, -0.05) is 40.5 Å². The van der Waals surface area contributed by atoms with E-state index in [0.29, 0.717) is 5.54 Å². The van der Waals surface area contributed by atoms with Crippen molar-refractivity contribution in [3.8, 4) is 0 Å². The molecule has 19 heavy (non-hydrogen) atoms. The van der Waals surface area contributed by atoms with E-state index in [4.69, 9.17) is 0 Å². The van der Waals surface area contributed by atoms with E-state index in [0.717, 1.165) is 17.9 Å². The van der Waals surface area contributed by atoms with Crippen LogP contribution in [0.5, 0.6) is 0 Å². The van der Waals surface area contributed by atoms with Gasteiger partial charge in [-0.3, -0.25) is 4.90 Å². The second-order valence-electron chi connectivity index (χ2n) is 6.89. The Kier molecular flexibility index (Phi) is 5.30. The molecule has 1 saturated heterocycles. The maximum atomic E-state index is 3.90. The van der Waals surface area contributed by atoms with E-state index in [1.165, 1.54) is 58.2 Å². The van der Waals surface area contributed by atoms with Crippen LogP contribution in [0.4, 0.5) is 0 Å². The molecule has 0 spiro atoms. The lowest BCUT2D eigenvalue weighted by Crippen LogP contribution is -2.64. The predicted octanol–water partition coefficient (Wildman–Crippen LogP) is 3.67. The van der Waals surface area contributed by atoms with Crippen molar-refractivity contribution in [2.45, 2.75) is 77.8 Å². The molecule has 0 radical (unpaired) electrons. The molecule has 112 valence electrons. The summed E-state index contributed by atoms with van der Waals surface area (Å²) in [5.74, 6) is 1.89. The summed E-state index contributed by atoms with van der Waals surface area (Å²) in [5.41, 5.74) is 0.386. The van der Waals surface area contributed by atoms with Gasteiger partial charge in [-0.25, -0.2) is 0 Å². The van der Waals surface area contributed by atoms with E-state index in [1.807, 2.05) is 0 Å². The summed E-state index contributed by atoms with van der Waals surface area (Å²) in [6.07, 6.45) is 8.14. The quantitative estimate of drug-likeness (QED) is 0.756. The molecular weight excluding hydrogens is 232 g/mol. The van der Waals surface area contributed by atoms with Gasteiger partial charge in [0.2, 0.25) is 0 Å². The van der Waals surface area contributed by atoms with Gasteiger partial charge in [-0.15, -0.1) is 0 Å². The van der Waals surface area contributed by atoms with Crippen LogP contribution in [-0.4, -0.2) is 36.1 Å². The third-order valence-electron chi connectivity index (χ3n) is 5.83. The van der Waals surface area contributed by atoms with Gasteiger partial charge in [0.1, 0.15) is 0 Å². The van der Waals surface area contributed by atoms with Crippen LogP contribution in [0, 0.1) is 11.8 Å². The van der Waals surface area contributed by atoms with Gasteiger partial charge >= 0.3 is 0 Å². The third-order valence-corrected chi connectivity index (χ3v) is 5.83. The highest BCUT2D eigenvalue weighted by Crippen LogP contribution is 2.38. The lowest BCUT2D eigenvalue weighted by Gasteiger charge is -2.48. The number of piperazine rings is 1. The molecule has 2 nitrogen and oxygen atoms in total. The Bertz CT molecular complexity index is 264. The molecule has 0 amide bonds. The van der Waals surface area contributed by atoms with E-state index < -0.39 is 0 Å². The minimum absolute atomic E-state index is 0.386. The van der Waals surface area contributed by atoms with Crippen LogP contribution in [0.1, 0.15) is 66.2 Å². The lowest BCUT2D eigenvalue weighted by atomic mass is 9.86. The van der Waals surface area contributed by atoms with Crippen LogP contribution in [0.15, 0.2) is 0 Å². The summed E-state index contributed by atoms with van der Waals surface area (Å²) in [5, 5.41) is 3.90.